The molecule has 0 aliphatic rings. The summed E-state index contributed by atoms with van der Waals surface area (Å²) in [6.45, 7) is 5.08. The average Bonchev–Trinajstić information content (AvgIpc) is 3.13. The molecule has 2 aromatic carbocycles. The normalized spacial score (nSPS) is 11.0. The molecule has 0 saturated carbocycles. The number of H-pyrrole nitrogens is 1. The number of carbonyl (C=O) groups excluding carboxylic acids is 1. The lowest BCUT2D eigenvalue weighted by atomic mass is 10.1. The Kier molecular flexibility index (Phi) is 5.89. The minimum atomic E-state index is 0.129. The summed E-state index contributed by atoms with van der Waals surface area (Å²) in [5, 5.41) is 0. The van der Waals surface area contributed by atoms with Crippen molar-refractivity contribution in [3.05, 3.63) is 95.1 Å². The highest BCUT2D eigenvalue weighted by Gasteiger charge is 2.16. The fourth-order valence-electron chi connectivity index (χ4n) is 3.65. The summed E-state index contributed by atoms with van der Waals surface area (Å²) in [7, 11) is 0. The van der Waals surface area contributed by atoms with E-state index in [1.54, 1.807) is 6.20 Å². The third kappa shape index (κ3) is 4.74. The number of benzene rings is 2. The number of pyridine rings is 1. The highest BCUT2D eigenvalue weighted by molar-refractivity contribution is 5.78. The lowest BCUT2D eigenvalue weighted by molar-refractivity contribution is -0.132. The number of nitrogens with zero attached hydrogens (tertiary/aromatic N) is 3. The first kappa shape index (κ1) is 19.8. The number of nitrogens with one attached hydrogen (secondary N) is 1. The monoisotopic (exact) mass is 398 g/mol. The van der Waals surface area contributed by atoms with E-state index in [0.717, 1.165) is 39.2 Å². The number of hydrogen-bond donors (Lipinski definition) is 1. The molecule has 152 valence electrons. The summed E-state index contributed by atoms with van der Waals surface area (Å²) in [5.74, 6) is 1.03. The third-order valence-electron chi connectivity index (χ3n) is 5.32. The highest BCUT2D eigenvalue weighted by atomic mass is 16.2. The number of hydrogen-bond acceptors (Lipinski definition) is 3. The van der Waals surface area contributed by atoms with Crippen LogP contribution in [0.3, 0.4) is 0 Å². The third-order valence-corrected chi connectivity index (χ3v) is 5.32. The van der Waals surface area contributed by atoms with Crippen molar-refractivity contribution in [1.82, 2.24) is 19.9 Å². The van der Waals surface area contributed by atoms with Crippen molar-refractivity contribution < 1.29 is 4.79 Å². The first-order valence-electron chi connectivity index (χ1n) is 10.3. The molecule has 1 N–H and O–H groups in total. The zero-order valence-corrected chi connectivity index (χ0v) is 17.4. The quantitative estimate of drug-likeness (QED) is 0.489. The Labute approximate surface area is 176 Å². The van der Waals surface area contributed by atoms with E-state index in [1.165, 1.54) is 0 Å². The van der Waals surface area contributed by atoms with Crippen LogP contribution in [-0.4, -0.2) is 25.8 Å². The molecule has 0 atom stereocenters. The molecule has 0 fully saturated rings. The van der Waals surface area contributed by atoms with Crippen molar-refractivity contribution in [2.75, 3.05) is 0 Å². The molecule has 2 aromatic heterocycles. The van der Waals surface area contributed by atoms with Crippen LogP contribution >= 0.6 is 0 Å². The molecular formula is C25H26N4O. The van der Waals surface area contributed by atoms with Crippen molar-refractivity contribution in [3.63, 3.8) is 0 Å². The minimum Gasteiger partial charge on any atom is -0.342 e. The van der Waals surface area contributed by atoms with E-state index in [1.807, 2.05) is 55.1 Å². The van der Waals surface area contributed by atoms with E-state index in [2.05, 4.69) is 39.2 Å². The van der Waals surface area contributed by atoms with Crippen molar-refractivity contribution in [1.29, 1.82) is 0 Å². The van der Waals surface area contributed by atoms with Crippen LogP contribution < -0.4 is 0 Å². The number of aromatic nitrogens is 3. The SMILES string of the molecule is Cc1nc2ccc(CCC(=O)N(Cc3ccccc3)Cc3ncccc3C)cc2[nH]1. The summed E-state index contributed by atoms with van der Waals surface area (Å²) in [6.07, 6.45) is 2.94. The second-order valence-corrected chi connectivity index (χ2v) is 7.68. The zero-order chi connectivity index (χ0) is 20.9. The Morgan fingerprint density at radius 1 is 0.967 bits per heavy atom. The van der Waals surface area contributed by atoms with E-state index in [4.69, 9.17) is 0 Å². The largest absolute Gasteiger partial charge is 0.342 e. The number of aromatic amines is 1. The van der Waals surface area contributed by atoms with Gasteiger partial charge in [0.15, 0.2) is 0 Å². The summed E-state index contributed by atoms with van der Waals surface area (Å²) in [5.41, 5.74) is 6.27. The molecule has 5 nitrogen and oxygen atoms in total. The molecule has 0 spiro atoms. The van der Waals surface area contributed by atoms with Crippen LogP contribution in [-0.2, 0) is 24.3 Å². The molecule has 0 saturated heterocycles. The molecule has 30 heavy (non-hydrogen) atoms. The fourth-order valence-corrected chi connectivity index (χ4v) is 3.65. The Bertz CT molecular complexity index is 1150. The van der Waals surface area contributed by atoms with Gasteiger partial charge >= 0.3 is 0 Å². The lowest BCUT2D eigenvalue weighted by Crippen LogP contribution is -2.31. The summed E-state index contributed by atoms with van der Waals surface area (Å²) in [6, 6.07) is 20.2. The standard InChI is InChI=1S/C25H26N4O/c1-18-7-6-14-26-24(18)17-29(16-21-8-4-3-5-9-21)25(30)13-11-20-10-12-22-23(15-20)28-19(2)27-22/h3-10,12,14-15H,11,13,16-17H2,1-2H3,(H,27,28). The maximum absolute atomic E-state index is 13.2. The number of fused-ring (bicyclic) bond motifs is 1. The second kappa shape index (κ2) is 8.91. The molecule has 4 rings (SSSR count). The van der Waals surface area contributed by atoms with E-state index >= 15 is 0 Å². The van der Waals surface area contributed by atoms with Crippen LogP contribution in [0.1, 0.15) is 34.6 Å². The van der Waals surface area contributed by atoms with Gasteiger partial charge in [-0.05, 0) is 55.2 Å². The summed E-state index contributed by atoms with van der Waals surface area (Å²) < 4.78 is 0. The van der Waals surface area contributed by atoms with E-state index in [-0.39, 0.29) is 5.91 Å². The van der Waals surface area contributed by atoms with Crippen molar-refractivity contribution in [2.45, 2.75) is 39.8 Å². The molecule has 1 amide bonds. The topological polar surface area (TPSA) is 61.9 Å². The van der Waals surface area contributed by atoms with Gasteiger partial charge in [0.2, 0.25) is 5.91 Å². The Balaban J connectivity index is 1.49. The van der Waals surface area contributed by atoms with Gasteiger partial charge in [0.25, 0.3) is 0 Å². The molecular weight excluding hydrogens is 372 g/mol. The predicted molar refractivity (Wildman–Crippen MR) is 119 cm³/mol. The van der Waals surface area contributed by atoms with Crippen LogP contribution in [0.25, 0.3) is 11.0 Å². The first-order chi connectivity index (χ1) is 14.6. The Morgan fingerprint density at radius 3 is 2.60 bits per heavy atom. The number of rotatable bonds is 7. The Morgan fingerprint density at radius 2 is 1.80 bits per heavy atom. The van der Waals surface area contributed by atoms with Crippen molar-refractivity contribution >= 4 is 16.9 Å². The van der Waals surface area contributed by atoms with Crippen molar-refractivity contribution in [3.8, 4) is 0 Å². The van der Waals surface area contributed by atoms with Gasteiger partial charge in [-0.1, -0.05) is 42.5 Å². The van der Waals surface area contributed by atoms with E-state index in [0.29, 0.717) is 25.9 Å². The molecule has 0 aliphatic heterocycles. The lowest BCUT2D eigenvalue weighted by Gasteiger charge is -2.23. The Hall–Kier alpha value is -3.47. The molecule has 5 heteroatoms. The van der Waals surface area contributed by atoms with Crippen LogP contribution in [0.5, 0.6) is 0 Å². The summed E-state index contributed by atoms with van der Waals surface area (Å²) in [4.78, 5) is 27.3. The van der Waals surface area contributed by atoms with Crippen LogP contribution in [0.4, 0.5) is 0 Å². The van der Waals surface area contributed by atoms with Gasteiger partial charge in [-0.15, -0.1) is 0 Å². The maximum atomic E-state index is 13.2. The van der Waals surface area contributed by atoms with E-state index < -0.39 is 0 Å². The molecule has 4 aromatic rings. The van der Waals surface area contributed by atoms with E-state index in [9.17, 15) is 4.79 Å². The summed E-state index contributed by atoms with van der Waals surface area (Å²) >= 11 is 0. The van der Waals surface area contributed by atoms with Crippen molar-refractivity contribution in [2.24, 2.45) is 0 Å². The van der Waals surface area contributed by atoms with Crippen LogP contribution in [0.2, 0.25) is 0 Å². The molecule has 0 radical (unpaired) electrons. The second-order valence-electron chi connectivity index (χ2n) is 7.68. The fraction of sp³-hybridized carbons (Fsp3) is 0.240. The van der Waals surface area contributed by atoms with Gasteiger partial charge in [-0.2, -0.15) is 0 Å². The molecule has 0 aliphatic carbocycles. The molecule has 0 unspecified atom stereocenters. The minimum absolute atomic E-state index is 0.129. The molecule has 0 bridgehead atoms. The van der Waals surface area contributed by atoms with Crippen LogP contribution in [0, 0.1) is 13.8 Å². The predicted octanol–water partition coefficient (Wildman–Crippen LogP) is 4.74. The van der Waals surface area contributed by atoms with Gasteiger partial charge in [0.1, 0.15) is 5.82 Å². The maximum Gasteiger partial charge on any atom is 0.223 e. The zero-order valence-electron chi connectivity index (χ0n) is 17.4. The van der Waals surface area contributed by atoms with Gasteiger partial charge in [-0.3, -0.25) is 9.78 Å². The number of aryl methyl sites for hydroxylation is 3. The number of carbonyl (C=O) groups is 1. The van der Waals surface area contributed by atoms with Gasteiger partial charge in [0, 0.05) is 19.2 Å². The average molecular weight is 399 g/mol. The number of imidazole rings is 1. The highest BCUT2D eigenvalue weighted by Crippen LogP contribution is 2.17. The van der Waals surface area contributed by atoms with Gasteiger partial charge in [-0.25, -0.2) is 4.98 Å². The smallest absolute Gasteiger partial charge is 0.223 e. The van der Waals surface area contributed by atoms with Gasteiger partial charge in [0.05, 0.1) is 23.3 Å². The van der Waals surface area contributed by atoms with Gasteiger partial charge < -0.3 is 9.88 Å². The van der Waals surface area contributed by atoms with Crippen LogP contribution in [0.15, 0.2) is 66.9 Å². The molecule has 2 heterocycles. The number of amides is 1. The first-order valence-corrected chi connectivity index (χ1v) is 10.3.